The maximum Gasteiger partial charge on any atom is 0.333 e. The fourth-order valence-electron chi connectivity index (χ4n) is 1.33. The quantitative estimate of drug-likeness (QED) is 0.784. The van der Waals surface area contributed by atoms with Crippen molar-refractivity contribution in [2.45, 2.75) is 12.5 Å². The molecule has 0 spiro atoms. The SMILES string of the molecule is COc1cc(C[C@H](OC)C(=O)O)ccc1O. The lowest BCUT2D eigenvalue weighted by Crippen LogP contribution is -2.24. The van der Waals surface area contributed by atoms with Gasteiger partial charge in [0.2, 0.25) is 0 Å². The number of methoxy groups -OCH3 is 2. The van der Waals surface area contributed by atoms with Gasteiger partial charge in [0.1, 0.15) is 0 Å². The van der Waals surface area contributed by atoms with E-state index < -0.39 is 12.1 Å². The fourth-order valence-corrected chi connectivity index (χ4v) is 1.33. The van der Waals surface area contributed by atoms with Crippen molar-refractivity contribution in [1.82, 2.24) is 0 Å². The first-order valence-electron chi connectivity index (χ1n) is 4.70. The van der Waals surface area contributed by atoms with Crippen LogP contribution >= 0.6 is 0 Å². The van der Waals surface area contributed by atoms with Gasteiger partial charge < -0.3 is 19.7 Å². The van der Waals surface area contributed by atoms with E-state index in [2.05, 4.69) is 0 Å². The highest BCUT2D eigenvalue weighted by molar-refractivity contribution is 5.72. The normalized spacial score (nSPS) is 12.1. The molecule has 1 aromatic rings. The molecule has 0 saturated heterocycles. The number of aliphatic carboxylic acids is 1. The molecule has 0 unspecified atom stereocenters. The van der Waals surface area contributed by atoms with Gasteiger partial charge in [-0.3, -0.25) is 0 Å². The second-order valence-electron chi connectivity index (χ2n) is 3.27. The first-order chi connectivity index (χ1) is 7.58. The van der Waals surface area contributed by atoms with Gasteiger partial charge in [0.25, 0.3) is 0 Å². The van der Waals surface area contributed by atoms with Crippen molar-refractivity contribution in [2.75, 3.05) is 14.2 Å². The van der Waals surface area contributed by atoms with Gasteiger partial charge in [-0.2, -0.15) is 0 Å². The molecule has 0 fully saturated rings. The van der Waals surface area contributed by atoms with E-state index in [1.807, 2.05) is 0 Å². The van der Waals surface area contributed by atoms with Crippen LogP contribution in [0, 0.1) is 0 Å². The summed E-state index contributed by atoms with van der Waals surface area (Å²) in [7, 11) is 2.78. The number of hydrogen-bond acceptors (Lipinski definition) is 4. The molecule has 0 amide bonds. The Morgan fingerprint density at radius 2 is 2.12 bits per heavy atom. The molecule has 5 nitrogen and oxygen atoms in total. The highest BCUT2D eigenvalue weighted by Crippen LogP contribution is 2.26. The lowest BCUT2D eigenvalue weighted by atomic mass is 10.1. The summed E-state index contributed by atoms with van der Waals surface area (Å²) in [6.07, 6.45) is -0.670. The van der Waals surface area contributed by atoms with Crippen LogP contribution < -0.4 is 4.74 Å². The Bertz CT molecular complexity index is 375. The predicted octanol–water partition coefficient (Wildman–Crippen LogP) is 1.04. The number of ether oxygens (including phenoxy) is 2. The van der Waals surface area contributed by atoms with Crippen LogP contribution in [0.3, 0.4) is 0 Å². The molecular formula is C11H14O5. The Hall–Kier alpha value is -1.75. The summed E-state index contributed by atoms with van der Waals surface area (Å²) in [6, 6.07) is 4.68. The Kier molecular flexibility index (Phi) is 4.13. The van der Waals surface area contributed by atoms with E-state index in [0.29, 0.717) is 5.75 Å². The summed E-state index contributed by atoms with van der Waals surface area (Å²) in [4.78, 5) is 10.8. The first-order valence-corrected chi connectivity index (χ1v) is 4.70. The van der Waals surface area contributed by atoms with E-state index in [1.54, 1.807) is 12.1 Å². The summed E-state index contributed by atoms with van der Waals surface area (Å²) >= 11 is 0. The zero-order chi connectivity index (χ0) is 12.1. The molecule has 0 aromatic heterocycles. The number of carboxylic acid groups (broad SMARTS) is 1. The van der Waals surface area contributed by atoms with Crippen molar-refractivity contribution in [3.8, 4) is 11.5 Å². The zero-order valence-electron chi connectivity index (χ0n) is 9.14. The summed E-state index contributed by atoms with van der Waals surface area (Å²) < 4.78 is 9.74. The van der Waals surface area contributed by atoms with E-state index >= 15 is 0 Å². The van der Waals surface area contributed by atoms with Gasteiger partial charge in [-0.25, -0.2) is 4.79 Å². The second kappa shape index (κ2) is 5.37. The van der Waals surface area contributed by atoms with Crippen molar-refractivity contribution >= 4 is 5.97 Å². The third-order valence-corrected chi connectivity index (χ3v) is 2.23. The lowest BCUT2D eigenvalue weighted by Gasteiger charge is -2.11. The van der Waals surface area contributed by atoms with Crippen LogP contribution in [0.25, 0.3) is 0 Å². The maximum absolute atomic E-state index is 10.8. The minimum absolute atomic E-state index is 0.0236. The van der Waals surface area contributed by atoms with Crippen LogP contribution in [-0.4, -0.2) is 36.5 Å². The van der Waals surface area contributed by atoms with Crippen LogP contribution in [-0.2, 0) is 16.0 Å². The number of carboxylic acids is 1. The Morgan fingerprint density at radius 1 is 1.44 bits per heavy atom. The molecule has 88 valence electrons. The molecular weight excluding hydrogens is 212 g/mol. The van der Waals surface area contributed by atoms with Crippen molar-refractivity contribution in [1.29, 1.82) is 0 Å². The lowest BCUT2D eigenvalue weighted by molar-refractivity contribution is -0.148. The van der Waals surface area contributed by atoms with Crippen molar-refractivity contribution in [2.24, 2.45) is 0 Å². The Labute approximate surface area is 93.2 Å². The minimum Gasteiger partial charge on any atom is -0.504 e. The number of hydrogen-bond donors (Lipinski definition) is 2. The van der Waals surface area contributed by atoms with Crippen LogP contribution in [0.1, 0.15) is 5.56 Å². The van der Waals surface area contributed by atoms with Crippen LogP contribution in [0.5, 0.6) is 11.5 Å². The first kappa shape index (κ1) is 12.3. The Balaban J connectivity index is 2.84. The van der Waals surface area contributed by atoms with Crippen LogP contribution in [0.4, 0.5) is 0 Å². The molecule has 1 rings (SSSR count). The molecule has 0 bridgehead atoms. The van der Waals surface area contributed by atoms with Gasteiger partial charge in [-0.15, -0.1) is 0 Å². The number of carbonyl (C=O) groups is 1. The van der Waals surface area contributed by atoms with Crippen molar-refractivity contribution in [3.63, 3.8) is 0 Å². The van der Waals surface area contributed by atoms with Gasteiger partial charge >= 0.3 is 5.97 Å². The number of benzene rings is 1. The van der Waals surface area contributed by atoms with E-state index in [1.165, 1.54) is 20.3 Å². The van der Waals surface area contributed by atoms with Gasteiger partial charge in [0.15, 0.2) is 17.6 Å². The highest BCUT2D eigenvalue weighted by atomic mass is 16.5. The van der Waals surface area contributed by atoms with Crippen molar-refractivity contribution < 1.29 is 24.5 Å². The van der Waals surface area contributed by atoms with Gasteiger partial charge in [0, 0.05) is 13.5 Å². The molecule has 0 aliphatic rings. The Morgan fingerprint density at radius 3 is 2.62 bits per heavy atom. The zero-order valence-corrected chi connectivity index (χ0v) is 9.14. The van der Waals surface area contributed by atoms with Gasteiger partial charge in [-0.05, 0) is 17.7 Å². The smallest absolute Gasteiger partial charge is 0.333 e. The molecule has 16 heavy (non-hydrogen) atoms. The molecule has 1 atom stereocenters. The van der Waals surface area contributed by atoms with E-state index in [4.69, 9.17) is 14.6 Å². The molecule has 2 N–H and O–H groups in total. The monoisotopic (exact) mass is 226 g/mol. The fraction of sp³-hybridized carbons (Fsp3) is 0.364. The molecule has 5 heteroatoms. The summed E-state index contributed by atoms with van der Waals surface area (Å²) in [5.74, 6) is -0.678. The summed E-state index contributed by atoms with van der Waals surface area (Å²) in [6.45, 7) is 0. The second-order valence-corrected chi connectivity index (χ2v) is 3.27. The highest BCUT2D eigenvalue weighted by Gasteiger charge is 2.17. The van der Waals surface area contributed by atoms with E-state index in [9.17, 15) is 9.90 Å². The standard InChI is InChI=1S/C11H14O5/c1-15-9-5-7(3-4-8(9)12)6-10(16-2)11(13)14/h3-5,10,12H,6H2,1-2H3,(H,13,14)/t10-/m0/s1. The van der Waals surface area contributed by atoms with E-state index in [0.717, 1.165) is 5.56 Å². The summed E-state index contributed by atoms with van der Waals surface area (Å²) in [5.41, 5.74) is 0.726. The minimum atomic E-state index is -1.02. The number of rotatable bonds is 5. The van der Waals surface area contributed by atoms with Crippen molar-refractivity contribution in [3.05, 3.63) is 23.8 Å². The molecule has 0 aliphatic carbocycles. The molecule has 0 radical (unpaired) electrons. The van der Waals surface area contributed by atoms with Gasteiger partial charge in [-0.1, -0.05) is 6.07 Å². The third-order valence-electron chi connectivity index (χ3n) is 2.23. The molecule has 0 saturated carbocycles. The largest absolute Gasteiger partial charge is 0.504 e. The predicted molar refractivity (Wildman–Crippen MR) is 56.8 cm³/mol. The third kappa shape index (κ3) is 2.87. The number of aromatic hydroxyl groups is 1. The average Bonchev–Trinajstić information content (AvgIpc) is 2.27. The molecule has 1 aromatic carbocycles. The van der Waals surface area contributed by atoms with E-state index in [-0.39, 0.29) is 12.2 Å². The topological polar surface area (TPSA) is 76.0 Å². The average molecular weight is 226 g/mol. The molecule has 0 heterocycles. The van der Waals surface area contributed by atoms with Crippen LogP contribution in [0.2, 0.25) is 0 Å². The number of phenols is 1. The maximum atomic E-state index is 10.8. The van der Waals surface area contributed by atoms with Gasteiger partial charge in [0.05, 0.1) is 7.11 Å². The summed E-state index contributed by atoms with van der Waals surface area (Å²) in [5, 5.41) is 18.2. The number of phenolic OH excluding ortho intramolecular Hbond substituents is 1. The molecule has 0 aliphatic heterocycles. The van der Waals surface area contributed by atoms with Crippen LogP contribution in [0.15, 0.2) is 18.2 Å².